The van der Waals surface area contributed by atoms with Crippen molar-refractivity contribution in [1.82, 2.24) is 5.32 Å². The molecule has 7 heteroatoms. The van der Waals surface area contributed by atoms with Crippen molar-refractivity contribution in [3.63, 3.8) is 0 Å². The highest BCUT2D eigenvalue weighted by atomic mass is 16.4. The van der Waals surface area contributed by atoms with Crippen LogP contribution in [0.4, 0.5) is 0 Å². The smallest absolute Gasteiger partial charge is 0.326 e. The first-order valence-electron chi connectivity index (χ1n) is 6.51. The van der Waals surface area contributed by atoms with E-state index in [1.165, 1.54) is 0 Å². The average molecular weight is 293 g/mol. The number of nitrogens with two attached hydrogens (primary N) is 2. The normalized spacial score (nSPS) is 13.2. The maximum Gasteiger partial charge on any atom is 0.326 e. The fourth-order valence-electron chi connectivity index (χ4n) is 1.78. The van der Waals surface area contributed by atoms with Gasteiger partial charge in [0.05, 0.1) is 6.04 Å². The molecular weight excluding hydrogens is 274 g/mol. The molecule has 1 rings (SSSR count). The summed E-state index contributed by atoms with van der Waals surface area (Å²) >= 11 is 0. The Hall–Kier alpha value is -2.41. The third-order valence-electron chi connectivity index (χ3n) is 2.93. The van der Waals surface area contributed by atoms with Crippen molar-refractivity contribution in [2.75, 3.05) is 0 Å². The average Bonchev–Trinajstić information content (AvgIpc) is 2.43. The van der Waals surface area contributed by atoms with Gasteiger partial charge in [-0.25, -0.2) is 4.79 Å². The van der Waals surface area contributed by atoms with E-state index in [1.807, 2.05) is 30.3 Å². The second-order valence-corrected chi connectivity index (χ2v) is 4.70. The molecule has 2 atom stereocenters. The Labute approximate surface area is 122 Å². The maximum absolute atomic E-state index is 11.9. The molecule has 1 aromatic carbocycles. The van der Waals surface area contributed by atoms with Gasteiger partial charge in [-0.1, -0.05) is 30.3 Å². The molecule has 21 heavy (non-hydrogen) atoms. The zero-order chi connectivity index (χ0) is 15.8. The third-order valence-corrected chi connectivity index (χ3v) is 2.93. The summed E-state index contributed by atoms with van der Waals surface area (Å²) in [6.07, 6.45) is 0.120. The molecule has 0 heterocycles. The largest absolute Gasteiger partial charge is 0.480 e. The van der Waals surface area contributed by atoms with Gasteiger partial charge in [-0.2, -0.15) is 0 Å². The number of rotatable bonds is 8. The topological polar surface area (TPSA) is 136 Å². The van der Waals surface area contributed by atoms with Crippen molar-refractivity contribution in [1.29, 1.82) is 0 Å². The minimum Gasteiger partial charge on any atom is -0.480 e. The van der Waals surface area contributed by atoms with E-state index < -0.39 is 29.9 Å². The predicted molar refractivity (Wildman–Crippen MR) is 76.1 cm³/mol. The van der Waals surface area contributed by atoms with Gasteiger partial charge in [-0.05, 0) is 18.4 Å². The van der Waals surface area contributed by atoms with Crippen LogP contribution in [0.3, 0.4) is 0 Å². The standard InChI is InChI=1S/C14H19N3O4/c15-10(8-9-4-2-1-3-5-9)13(19)17-11(14(20)21)6-7-12(16)18/h1-5,10-11H,6-8,15H2,(H2,16,18)(H,17,19)(H,20,21)/t10-,11?/m0/s1. The lowest BCUT2D eigenvalue weighted by Gasteiger charge is -2.17. The highest BCUT2D eigenvalue weighted by Crippen LogP contribution is 2.03. The molecule has 114 valence electrons. The number of hydrogen-bond donors (Lipinski definition) is 4. The zero-order valence-corrected chi connectivity index (χ0v) is 11.5. The van der Waals surface area contributed by atoms with E-state index in [-0.39, 0.29) is 12.8 Å². The molecule has 0 aliphatic carbocycles. The van der Waals surface area contributed by atoms with E-state index in [0.717, 1.165) is 5.56 Å². The van der Waals surface area contributed by atoms with Crippen molar-refractivity contribution in [3.05, 3.63) is 35.9 Å². The first-order chi connectivity index (χ1) is 9.90. The number of carbonyl (C=O) groups excluding carboxylic acids is 2. The highest BCUT2D eigenvalue weighted by molar-refractivity contribution is 5.87. The summed E-state index contributed by atoms with van der Waals surface area (Å²) in [6, 6.07) is 7.12. The van der Waals surface area contributed by atoms with Crippen LogP contribution >= 0.6 is 0 Å². The van der Waals surface area contributed by atoms with Crippen molar-refractivity contribution in [3.8, 4) is 0 Å². The monoisotopic (exact) mass is 293 g/mol. The first kappa shape index (κ1) is 16.6. The number of amides is 2. The van der Waals surface area contributed by atoms with Crippen molar-refractivity contribution in [2.24, 2.45) is 11.5 Å². The van der Waals surface area contributed by atoms with Crippen molar-refractivity contribution >= 4 is 17.8 Å². The molecule has 0 bridgehead atoms. The molecule has 6 N–H and O–H groups in total. The molecule has 0 spiro atoms. The number of benzene rings is 1. The number of carboxylic acid groups (broad SMARTS) is 1. The Morgan fingerprint density at radius 2 is 1.81 bits per heavy atom. The number of hydrogen-bond acceptors (Lipinski definition) is 4. The van der Waals surface area contributed by atoms with Gasteiger partial charge < -0.3 is 21.9 Å². The molecule has 2 amide bonds. The quantitative estimate of drug-likeness (QED) is 0.507. The Morgan fingerprint density at radius 3 is 2.33 bits per heavy atom. The lowest BCUT2D eigenvalue weighted by molar-refractivity contribution is -0.142. The lowest BCUT2D eigenvalue weighted by atomic mass is 10.1. The van der Waals surface area contributed by atoms with Gasteiger partial charge >= 0.3 is 5.97 Å². The van der Waals surface area contributed by atoms with Crippen molar-refractivity contribution < 1.29 is 19.5 Å². The molecule has 0 aliphatic rings. The van der Waals surface area contributed by atoms with E-state index in [0.29, 0.717) is 6.42 Å². The van der Waals surface area contributed by atoms with E-state index in [1.54, 1.807) is 0 Å². The maximum atomic E-state index is 11.9. The molecule has 7 nitrogen and oxygen atoms in total. The van der Waals surface area contributed by atoms with E-state index in [9.17, 15) is 14.4 Å². The molecular formula is C14H19N3O4. The number of carbonyl (C=O) groups is 3. The van der Waals surface area contributed by atoms with Gasteiger partial charge in [0.15, 0.2) is 0 Å². The molecule has 1 aromatic rings. The van der Waals surface area contributed by atoms with Gasteiger partial charge in [0.25, 0.3) is 0 Å². The van der Waals surface area contributed by atoms with Gasteiger partial charge in [-0.3, -0.25) is 9.59 Å². The van der Waals surface area contributed by atoms with Crippen LogP contribution in [0.25, 0.3) is 0 Å². The fourth-order valence-corrected chi connectivity index (χ4v) is 1.78. The molecule has 0 fully saturated rings. The second kappa shape index (κ2) is 8.01. The summed E-state index contributed by atoms with van der Waals surface area (Å²) in [4.78, 5) is 33.6. The van der Waals surface area contributed by atoms with E-state index in [4.69, 9.17) is 16.6 Å². The molecule has 1 unspecified atom stereocenters. The Bertz CT molecular complexity index is 504. The minimum atomic E-state index is -1.23. The highest BCUT2D eigenvalue weighted by Gasteiger charge is 2.23. The molecule has 0 aliphatic heterocycles. The summed E-state index contributed by atoms with van der Waals surface area (Å²) in [5, 5.41) is 11.3. The lowest BCUT2D eigenvalue weighted by Crippen LogP contribution is -2.49. The Balaban J connectivity index is 2.56. The Kier molecular flexibility index (Phi) is 6.35. The van der Waals surface area contributed by atoms with Gasteiger partial charge in [-0.15, -0.1) is 0 Å². The van der Waals surface area contributed by atoms with E-state index in [2.05, 4.69) is 5.32 Å². The number of aliphatic carboxylic acids is 1. The van der Waals surface area contributed by atoms with Gasteiger partial charge in [0.2, 0.25) is 11.8 Å². The van der Waals surface area contributed by atoms with Crippen LogP contribution in [0, 0.1) is 0 Å². The number of carboxylic acids is 1. The van der Waals surface area contributed by atoms with Crippen LogP contribution in [0.5, 0.6) is 0 Å². The summed E-state index contributed by atoms with van der Waals surface area (Å²) in [5.41, 5.74) is 11.6. The van der Waals surface area contributed by atoms with Crippen LogP contribution in [0.1, 0.15) is 18.4 Å². The molecule has 0 radical (unpaired) electrons. The van der Waals surface area contributed by atoms with E-state index >= 15 is 0 Å². The second-order valence-electron chi connectivity index (χ2n) is 4.70. The van der Waals surface area contributed by atoms with Crippen LogP contribution in [0.15, 0.2) is 30.3 Å². The predicted octanol–water partition coefficient (Wildman–Crippen LogP) is -0.609. The van der Waals surface area contributed by atoms with Gasteiger partial charge in [0.1, 0.15) is 6.04 Å². The summed E-state index contributed by atoms with van der Waals surface area (Å²) in [5.74, 6) is -2.42. The molecule has 0 aromatic heterocycles. The minimum absolute atomic E-state index is 0.0610. The van der Waals surface area contributed by atoms with Gasteiger partial charge in [0, 0.05) is 6.42 Å². The number of nitrogens with one attached hydrogen (secondary N) is 1. The van der Waals surface area contributed by atoms with Crippen LogP contribution in [-0.2, 0) is 20.8 Å². The summed E-state index contributed by atoms with van der Waals surface area (Å²) in [6.45, 7) is 0. The van der Waals surface area contributed by atoms with Crippen LogP contribution in [0.2, 0.25) is 0 Å². The zero-order valence-electron chi connectivity index (χ0n) is 11.5. The Morgan fingerprint density at radius 1 is 1.19 bits per heavy atom. The van der Waals surface area contributed by atoms with Crippen LogP contribution in [-0.4, -0.2) is 35.0 Å². The number of primary amides is 1. The third kappa shape index (κ3) is 6.05. The molecule has 0 saturated heterocycles. The van der Waals surface area contributed by atoms with Crippen LogP contribution < -0.4 is 16.8 Å². The SMILES string of the molecule is NC(=O)CCC(NC(=O)[C@@H](N)Cc1ccccc1)C(=O)O. The van der Waals surface area contributed by atoms with Crippen molar-refractivity contribution in [2.45, 2.75) is 31.3 Å². The fraction of sp³-hybridized carbons (Fsp3) is 0.357. The molecule has 0 saturated carbocycles. The summed E-state index contributed by atoms with van der Waals surface area (Å²) < 4.78 is 0. The first-order valence-corrected chi connectivity index (χ1v) is 6.51. The summed E-state index contributed by atoms with van der Waals surface area (Å²) in [7, 11) is 0.